The summed E-state index contributed by atoms with van der Waals surface area (Å²) in [4.78, 5) is 24.6. The third-order valence-electron chi connectivity index (χ3n) is 3.21. The number of hydrogen-bond donors (Lipinski definition) is 0. The number of nitrogens with zero attached hydrogens (tertiary/aromatic N) is 1. The van der Waals surface area contributed by atoms with Crippen molar-refractivity contribution in [3.05, 3.63) is 35.9 Å². The molecule has 1 aliphatic heterocycles. The molecule has 4 nitrogen and oxygen atoms in total. The minimum absolute atomic E-state index is 0.246. The molecule has 1 aromatic rings. The zero-order valence-electron chi connectivity index (χ0n) is 10.5. The normalized spacial score (nSPS) is 19.0. The maximum Gasteiger partial charge on any atom is 0.410 e. The second kappa shape index (κ2) is 6.57. The molecule has 5 heteroatoms. The van der Waals surface area contributed by atoms with Gasteiger partial charge >= 0.3 is 6.09 Å². The van der Waals surface area contributed by atoms with E-state index in [-0.39, 0.29) is 23.9 Å². The fourth-order valence-electron chi connectivity index (χ4n) is 2.14. The van der Waals surface area contributed by atoms with Gasteiger partial charge in [-0.1, -0.05) is 30.3 Å². The number of halogens is 1. The van der Waals surface area contributed by atoms with Crippen molar-refractivity contribution in [2.75, 3.05) is 13.1 Å². The average Bonchev–Trinajstić information content (AvgIpc) is 2.46. The quantitative estimate of drug-likeness (QED) is 0.801. The van der Waals surface area contributed by atoms with Crippen LogP contribution in [0.2, 0.25) is 0 Å². The molecule has 0 aliphatic carbocycles. The Morgan fingerprint density at radius 3 is 2.74 bits per heavy atom. The van der Waals surface area contributed by atoms with Gasteiger partial charge in [-0.15, -0.1) is 0 Å². The van der Waals surface area contributed by atoms with Crippen LogP contribution in [0.3, 0.4) is 0 Å². The summed E-state index contributed by atoms with van der Waals surface area (Å²) in [5.41, 5.74) is 0.942. The minimum atomic E-state index is -0.383. The maximum absolute atomic E-state index is 11.9. The molecule has 0 N–H and O–H groups in total. The summed E-state index contributed by atoms with van der Waals surface area (Å²) < 4.78 is 5.23. The first-order valence-corrected chi connectivity index (χ1v) is 6.69. The SMILES string of the molecule is O=C(Cl)[C@H]1CCCN(C(=O)OCc2ccccc2)C1. The van der Waals surface area contributed by atoms with E-state index in [4.69, 9.17) is 16.3 Å². The molecule has 1 saturated heterocycles. The second-order valence-electron chi connectivity index (χ2n) is 4.63. The van der Waals surface area contributed by atoms with E-state index >= 15 is 0 Å². The average molecular weight is 282 g/mol. The Hall–Kier alpha value is -1.55. The van der Waals surface area contributed by atoms with Gasteiger partial charge in [0.05, 0.1) is 5.92 Å². The number of amides is 1. The molecule has 0 spiro atoms. The fourth-order valence-corrected chi connectivity index (χ4v) is 2.32. The summed E-state index contributed by atoms with van der Waals surface area (Å²) in [5.74, 6) is -0.264. The van der Waals surface area contributed by atoms with E-state index in [9.17, 15) is 9.59 Å². The van der Waals surface area contributed by atoms with Crippen LogP contribution in [0.4, 0.5) is 4.79 Å². The highest BCUT2D eigenvalue weighted by Crippen LogP contribution is 2.19. The van der Waals surface area contributed by atoms with Crippen molar-refractivity contribution >= 4 is 22.9 Å². The molecule has 1 aromatic carbocycles. The highest BCUT2D eigenvalue weighted by atomic mass is 35.5. The van der Waals surface area contributed by atoms with Crippen molar-refractivity contribution in [1.82, 2.24) is 4.90 Å². The zero-order valence-corrected chi connectivity index (χ0v) is 11.3. The van der Waals surface area contributed by atoms with Crippen LogP contribution in [-0.2, 0) is 16.1 Å². The zero-order chi connectivity index (χ0) is 13.7. The Kier molecular flexibility index (Phi) is 4.80. The summed E-state index contributed by atoms with van der Waals surface area (Å²) >= 11 is 5.48. The smallest absolute Gasteiger partial charge is 0.410 e. The molecule has 2 rings (SSSR count). The Balaban J connectivity index is 1.84. The van der Waals surface area contributed by atoms with Gasteiger partial charge in [-0.2, -0.15) is 0 Å². The number of benzene rings is 1. The van der Waals surface area contributed by atoms with Gasteiger partial charge in [0.2, 0.25) is 5.24 Å². The maximum atomic E-state index is 11.9. The number of likely N-dealkylation sites (tertiary alicyclic amines) is 1. The number of hydrogen-bond acceptors (Lipinski definition) is 3. The minimum Gasteiger partial charge on any atom is -0.445 e. The van der Waals surface area contributed by atoms with Crippen LogP contribution in [0.5, 0.6) is 0 Å². The van der Waals surface area contributed by atoms with Crippen molar-refractivity contribution in [3.8, 4) is 0 Å². The first-order valence-electron chi connectivity index (χ1n) is 6.32. The molecule has 0 radical (unpaired) electrons. The highest BCUT2D eigenvalue weighted by molar-refractivity contribution is 6.64. The highest BCUT2D eigenvalue weighted by Gasteiger charge is 2.28. The van der Waals surface area contributed by atoms with Gasteiger partial charge in [0.25, 0.3) is 0 Å². The standard InChI is InChI=1S/C14H16ClNO3/c15-13(17)12-7-4-8-16(9-12)14(18)19-10-11-5-2-1-3-6-11/h1-3,5-6,12H,4,7-10H2/t12-/m0/s1. The first-order chi connectivity index (χ1) is 9.16. The molecule has 0 saturated carbocycles. The van der Waals surface area contributed by atoms with E-state index in [0.29, 0.717) is 13.1 Å². The first kappa shape index (κ1) is 13.9. The topological polar surface area (TPSA) is 46.6 Å². The van der Waals surface area contributed by atoms with Crippen LogP contribution in [0.15, 0.2) is 30.3 Å². The van der Waals surface area contributed by atoms with Gasteiger partial charge in [-0.05, 0) is 30.0 Å². The van der Waals surface area contributed by atoms with Gasteiger partial charge in [0.1, 0.15) is 6.61 Å². The van der Waals surface area contributed by atoms with Gasteiger partial charge in [0.15, 0.2) is 0 Å². The van der Waals surface area contributed by atoms with Crippen LogP contribution >= 0.6 is 11.6 Å². The molecule has 1 amide bonds. The Morgan fingerprint density at radius 1 is 1.32 bits per heavy atom. The van der Waals surface area contributed by atoms with E-state index in [2.05, 4.69) is 0 Å². The van der Waals surface area contributed by atoms with Crippen LogP contribution in [0.25, 0.3) is 0 Å². The van der Waals surface area contributed by atoms with Gasteiger partial charge in [0, 0.05) is 13.1 Å². The Morgan fingerprint density at radius 2 is 2.05 bits per heavy atom. The summed E-state index contributed by atoms with van der Waals surface area (Å²) in [6.45, 7) is 1.22. The summed E-state index contributed by atoms with van der Waals surface area (Å²) in [5, 5.41) is -0.374. The molecule has 1 fully saturated rings. The van der Waals surface area contributed by atoms with Crippen molar-refractivity contribution in [1.29, 1.82) is 0 Å². The molecule has 19 heavy (non-hydrogen) atoms. The molecule has 1 heterocycles. The van der Waals surface area contributed by atoms with E-state index in [1.165, 1.54) is 0 Å². The molecule has 0 unspecified atom stereocenters. The number of carbonyl (C=O) groups is 2. The third-order valence-corrected chi connectivity index (χ3v) is 3.51. The monoisotopic (exact) mass is 281 g/mol. The number of carbonyl (C=O) groups excluding carboxylic acids is 2. The number of piperidine rings is 1. The second-order valence-corrected chi connectivity index (χ2v) is 5.00. The lowest BCUT2D eigenvalue weighted by molar-refractivity contribution is -0.116. The molecular weight excluding hydrogens is 266 g/mol. The predicted octanol–water partition coefficient (Wildman–Crippen LogP) is 2.80. The lowest BCUT2D eigenvalue weighted by atomic mass is 10.00. The van der Waals surface area contributed by atoms with E-state index in [0.717, 1.165) is 18.4 Å². The number of rotatable bonds is 3. The number of ether oxygens (including phenoxy) is 1. The molecule has 102 valence electrons. The molecule has 1 aliphatic rings. The van der Waals surface area contributed by atoms with Crippen molar-refractivity contribution in [2.24, 2.45) is 5.92 Å². The molecular formula is C14H16ClNO3. The van der Waals surface area contributed by atoms with Gasteiger partial charge in [-0.3, -0.25) is 4.79 Å². The molecule has 0 bridgehead atoms. The van der Waals surface area contributed by atoms with Crippen molar-refractivity contribution < 1.29 is 14.3 Å². The summed E-state index contributed by atoms with van der Waals surface area (Å²) in [6, 6.07) is 9.49. The lowest BCUT2D eigenvalue weighted by Crippen LogP contribution is -2.41. The fraction of sp³-hybridized carbons (Fsp3) is 0.429. The lowest BCUT2D eigenvalue weighted by Gasteiger charge is -2.30. The third kappa shape index (κ3) is 3.96. The summed E-state index contributed by atoms with van der Waals surface area (Å²) in [7, 11) is 0. The molecule has 1 atom stereocenters. The van der Waals surface area contributed by atoms with E-state index in [1.54, 1.807) is 4.90 Å². The summed E-state index contributed by atoms with van der Waals surface area (Å²) in [6.07, 6.45) is 1.14. The van der Waals surface area contributed by atoms with Gasteiger partial charge in [-0.25, -0.2) is 4.79 Å². The van der Waals surface area contributed by atoms with Gasteiger partial charge < -0.3 is 9.64 Å². The Bertz CT molecular complexity index is 449. The molecule has 0 aromatic heterocycles. The largest absolute Gasteiger partial charge is 0.445 e. The Labute approximate surface area is 117 Å². The van der Waals surface area contributed by atoms with Crippen LogP contribution < -0.4 is 0 Å². The van der Waals surface area contributed by atoms with Crippen molar-refractivity contribution in [2.45, 2.75) is 19.4 Å². The van der Waals surface area contributed by atoms with Crippen LogP contribution in [0, 0.1) is 5.92 Å². The van der Waals surface area contributed by atoms with Crippen LogP contribution in [0.1, 0.15) is 18.4 Å². The van der Waals surface area contributed by atoms with Crippen molar-refractivity contribution in [3.63, 3.8) is 0 Å². The predicted molar refractivity (Wildman–Crippen MR) is 71.8 cm³/mol. The van der Waals surface area contributed by atoms with E-state index in [1.807, 2.05) is 30.3 Å². The van der Waals surface area contributed by atoms with E-state index < -0.39 is 0 Å². The van der Waals surface area contributed by atoms with Crippen LogP contribution in [-0.4, -0.2) is 29.3 Å².